The molecule has 0 radical (unpaired) electrons. The Kier molecular flexibility index (Phi) is 11.1. The van der Waals surface area contributed by atoms with Gasteiger partial charge in [0.15, 0.2) is 33.5 Å². The number of thiazole rings is 2. The Balaban J connectivity index is 1.12. The molecule has 0 spiro atoms. The van der Waals surface area contributed by atoms with Crippen LogP contribution in [0.5, 0.6) is 5.75 Å². The van der Waals surface area contributed by atoms with E-state index in [9.17, 15) is 4.39 Å². The number of anilines is 4. The average Bonchev–Trinajstić information content (AvgIpc) is 3.72. The molecular weight excluding hydrogens is 648 g/mol. The van der Waals surface area contributed by atoms with Gasteiger partial charge in [-0.25, -0.2) is 14.4 Å². The number of aryl methyl sites for hydroxylation is 1. The van der Waals surface area contributed by atoms with Crippen LogP contribution in [0.1, 0.15) is 28.0 Å². The van der Waals surface area contributed by atoms with Crippen LogP contribution in [0.4, 0.5) is 26.3 Å². The zero-order valence-electron chi connectivity index (χ0n) is 27.5. The quantitative estimate of drug-likeness (QED) is 0.114. The second kappa shape index (κ2) is 15.8. The smallest absolute Gasteiger partial charge is 0.191 e. The fourth-order valence-electron chi connectivity index (χ4n) is 5.30. The number of benzene rings is 2. The van der Waals surface area contributed by atoms with Crippen LogP contribution in [0.2, 0.25) is 0 Å². The minimum Gasteiger partial charge on any atom is -0.491 e. The molecule has 48 heavy (non-hydrogen) atoms. The summed E-state index contributed by atoms with van der Waals surface area (Å²) in [5, 5.41) is 17.5. The van der Waals surface area contributed by atoms with Gasteiger partial charge in [0.2, 0.25) is 0 Å². The van der Waals surface area contributed by atoms with Gasteiger partial charge in [-0.3, -0.25) is 9.80 Å². The molecule has 4 heterocycles. The van der Waals surface area contributed by atoms with E-state index < -0.39 is 5.82 Å². The van der Waals surface area contributed by atoms with E-state index in [0.717, 1.165) is 68.1 Å². The summed E-state index contributed by atoms with van der Waals surface area (Å²) in [4.78, 5) is 14.7. The molecule has 3 aromatic heterocycles. The van der Waals surface area contributed by atoms with E-state index in [-0.39, 0.29) is 11.9 Å². The van der Waals surface area contributed by atoms with Crippen molar-refractivity contribution in [2.24, 2.45) is 0 Å². The predicted molar refractivity (Wildman–Crippen MR) is 192 cm³/mol. The van der Waals surface area contributed by atoms with Crippen molar-refractivity contribution >= 4 is 54.8 Å². The molecule has 0 fully saturated rings. The molecule has 1 aliphatic heterocycles. The summed E-state index contributed by atoms with van der Waals surface area (Å²) in [6.45, 7) is 5.07. The average molecular weight is 687 g/mol. The van der Waals surface area contributed by atoms with Crippen LogP contribution in [-0.2, 0) is 17.6 Å². The van der Waals surface area contributed by atoms with Gasteiger partial charge in [0.1, 0.15) is 0 Å². The summed E-state index contributed by atoms with van der Waals surface area (Å²) in [6, 6.07) is 12.9. The third-order valence-corrected chi connectivity index (χ3v) is 9.81. The Labute approximate surface area is 288 Å². The molecular formula is C35H39FN8O2S2. The van der Waals surface area contributed by atoms with Crippen LogP contribution >= 0.6 is 22.7 Å². The summed E-state index contributed by atoms with van der Waals surface area (Å²) >= 11 is 3.21. The largest absolute Gasteiger partial charge is 0.491 e. The lowest BCUT2D eigenvalue weighted by atomic mass is 9.99. The van der Waals surface area contributed by atoms with Gasteiger partial charge < -0.3 is 20.1 Å². The molecule has 250 valence electrons. The number of likely N-dealkylation sites (N-methyl/N-ethyl adjacent to an activating group) is 1. The molecule has 0 saturated heterocycles. The van der Waals surface area contributed by atoms with E-state index in [0.29, 0.717) is 37.7 Å². The number of ether oxygens (including phenoxy) is 2. The first-order valence-electron chi connectivity index (χ1n) is 15.9. The summed E-state index contributed by atoms with van der Waals surface area (Å²) < 4.78 is 27.8. The van der Waals surface area contributed by atoms with Crippen molar-refractivity contribution in [3.8, 4) is 17.6 Å². The van der Waals surface area contributed by atoms with Gasteiger partial charge in [0.05, 0.1) is 42.6 Å². The number of rotatable bonds is 13. The van der Waals surface area contributed by atoms with E-state index in [1.807, 2.05) is 50.4 Å². The maximum absolute atomic E-state index is 14.6. The second-order valence-corrected chi connectivity index (χ2v) is 13.9. The van der Waals surface area contributed by atoms with Crippen LogP contribution in [-0.4, -0.2) is 85.2 Å². The molecule has 2 N–H and O–H groups in total. The van der Waals surface area contributed by atoms with E-state index in [4.69, 9.17) is 24.5 Å². The molecule has 0 aliphatic carbocycles. The molecule has 0 amide bonds. The number of hydrogen-bond donors (Lipinski definition) is 2. The van der Waals surface area contributed by atoms with Gasteiger partial charge in [-0.1, -0.05) is 35.3 Å². The number of aromatic nitrogens is 4. The summed E-state index contributed by atoms with van der Waals surface area (Å²) in [6.07, 6.45) is 4.06. The van der Waals surface area contributed by atoms with Crippen LogP contribution in [0.25, 0.3) is 10.2 Å². The lowest BCUT2D eigenvalue weighted by Crippen LogP contribution is -2.39. The summed E-state index contributed by atoms with van der Waals surface area (Å²) in [5.41, 5.74) is 3.68. The maximum atomic E-state index is 14.6. The van der Waals surface area contributed by atoms with Crippen molar-refractivity contribution in [2.45, 2.75) is 32.3 Å². The molecule has 5 aromatic rings. The number of fused-ring (bicyclic) bond motifs is 2. The lowest BCUT2D eigenvalue weighted by Gasteiger charge is -2.34. The van der Waals surface area contributed by atoms with Gasteiger partial charge in [0.25, 0.3) is 0 Å². The van der Waals surface area contributed by atoms with Gasteiger partial charge in [-0.2, -0.15) is 0 Å². The number of halogens is 1. The van der Waals surface area contributed by atoms with E-state index in [1.54, 1.807) is 34.8 Å². The zero-order chi connectivity index (χ0) is 33.5. The summed E-state index contributed by atoms with van der Waals surface area (Å²) in [7, 11) is 5.81. The van der Waals surface area contributed by atoms with Gasteiger partial charge in [-0.05, 0) is 71.2 Å². The van der Waals surface area contributed by atoms with Crippen LogP contribution in [0.15, 0.2) is 48.7 Å². The third kappa shape index (κ3) is 8.26. The minimum absolute atomic E-state index is 0.0370. The highest BCUT2D eigenvalue weighted by molar-refractivity contribution is 7.22. The topological polar surface area (TPSA) is 101 Å². The van der Waals surface area contributed by atoms with E-state index in [2.05, 4.69) is 45.5 Å². The van der Waals surface area contributed by atoms with Crippen LogP contribution in [0.3, 0.4) is 0 Å². The van der Waals surface area contributed by atoms with Crippen molar-refractivity contribution in [3.63, 3.8) is 0 Å². The van der Waals surface area contributed by atoms with Gasteiger partial charge >= 0.3 is 0 Å². The summed E-state index contributed by atoms with van der Waals surface area (Å²) in [5.74, 6) is 7.31. The molecule has 6 rings (SSSR count). The second-order valence-electron chi connectivity index (χ2n) is 11.7. The van der Waals surface area contributed by atoms with Crippen LogP contribution in [0, 0.1) is 24.6 Å². The molecule has 13 heteroatoms. The number of nitrogens with one attached hydrogen (secondary N) is 2. The van der Waals surface area contributed by atoms with Crippen LogP contribution < -0.4 is 20.3 Å². The standard InChI is InChI=1S/C35H39FN8O2S2/c1-23-27-20-25(45-18-15-37-2)22-44(33(27)42-41-32(23)40-34-39-29-11-5-6-12-31(29)48-34)35-38-21-26(47-35)10-8-17-46-30-14-13-24(19-28(30)36)9-7-16-43(3)4/h5-6,11-14,19,21,25,37H,8,10,15-18,20,22H2,1-4H3,(H,39,40,41). The monoisotopic (exact) mass is 686 g/mol. The van der Waals surface area contributed by atoms with Crippen molar-refractivity contribution in [3.05, 3.63) is 76.0 Å². The Morgan fingerprint density at radius 1 is 1.12 bits per heavy atom. The molecule has 0 saturated carbocycles. The van der Waals surface area contributed by atoms with Crippen molar-refractivity contribution in [1.29, 1.82) is 0 Å². The van der Waals surface area contributed by atoms with Crippen molar-refractivity contribution < 1.29 is 13.9 Å². The molecule has 0 bridgehead atoms. The SMILES string of the molecule is CNCCOC1Cc2c(nnc(Nc3nc4ccccc4s3)c2C)N(c2ncc(CCCOc3ccc(C#CCN(C)C)cc3F)s2)C1. The third-order valence-electron chi connectivity index (χ3n) is 7.78. The van der Waals surface area contributed by atoms with Crippen molar-refractivity contribution in [1.82, 2.24) is 30.4 Å². The first kappa shape index (κ1) is 33.7. The number of hydrogen-bond acceptors (Lipinski definition) is 12. The fraction of sp³-hybridized carbons (Fsp3) is 0.371. The predicted octanol–water partition coefficient (Wildman–Crippen LogP) is 5.96. The Bertz CT molecular complexity index is 1880. The molecule has 1 unspecified atom stereocenters. The first-order valence-corrected chi connectivity index (χ1v) is 17.5. The minimum atomic E-state index is -0.406. The highest BCUT2D eigenvalue weighted by Crippen LogP contribution is 2.38. The van der Waals surface area contributed by atoms with Gasteiger partial charge in [-0.15, -0.1) is 21.5 Å². The highest BCUT2D eigenvalue weighted by atomic mass is 32.1. The molecule has 1 atom stereocenters. The van der Waals surface area contributed by atoms with E-state index in [1.165, 1.54) is 6.07 Å². The molecule has 1 aliphatic rings. The molecule has 2 aromatic carbocycles. The Morgan fingerprint density at radius 2 is 2.00 bits per heavy atom. The Morgan fingerprint density at radius 3 is 2.81 bits per heavy atom. The van der Waals surface area contributed by atoms with Gasteiger partial charge in [0, 0.05) is 40.7 Å². The Hall–Kier alpha value is -4.19. The number of para-hydroxylation sites is 1. The highest BCUT2D eigenvalue weighted by Gasteiger charge is 2.32. The lowest BCUT2D eigenvalue weighted by molar-refractivity contribution is 0.0593. The van der Waals surface area contributed by atoms with E-state index >= 15 is 0 Å². The van der Waals surface area contributed by atoms with Crippen molar-refractivity contribution in [2.75, 3.05) is 64.2 Å². The first-order chi connectivity index (χ1) is 23.4. The number of nitrogens with zero attached hydrogens (tertiary/aromatic N) is 6. The fourth-order valence-corrected chi connectivity index (χ4v) is 7.13. The zero-order valence-corrected chi connectivity index (χ0v) is 29.2. The normalized spacial score (nSPS) is 14.2. The maximum Gasteiger partial charge on any atom is 0.191 e. The molecule has 10 nitrogen and oxygen atoms in total.